The summed E-state index contributed by atoms with van der Waals surface area (Å²) in [4.78, 5) is 29.6. The molecule has 1 N–H and O–H groups in total. The molecule has 0 bridgehead atoms. The average Bonchev–Trinajstić information content (AvgIpc) is 2.65. The van der Waals surface area contributed by atoms with E-state index < -0.39 is 24.0 Å². The number of rotatable bonds is 7. The number of pyridine rings is 1. The molecule has 0 spiro atoms. The van der Waals surface area contributed by atoms with Crippen molar-refractivity contribution < 1.29 is 22.8 Å². The third kappa shape index (κ3) is 5.94. The quantitative estimate of drug-likeness (QED) is 0.777. The minimum atomic E-state index is -5.04. The van der Waals surface area contributed by atoms with Crippen LogP contribution in [0.2, 0.25) is 0 Å². The zero-order chi connectivity index (χ0) is 19.9. The standard InChI is InChI=1S/C19H26F3N3O2/c1-2-3-13-25(18(27)19(20,21)22)16(14-9-11-23-12-10-14)17(26)24-15-7-5-4-6-8-15/h9-12,15-16H,2-8,13H2,1H3,(H,24,26). The first kappa shape index (κ1) is 21.2. The van der Waals surface area contributed by atoms with Crippen molar-refractivity contribution in [2.45, 2.75) is 70.1 Å². The summed E-state index contributed by atoms with van der Waals surface area (Å²) in [6, 6.07) is 1.57. The van der Waals surface area contributed by atoms with Crippen LogP contribution in [0.3, 0.4) is 0 Å². The molecule has 1 atom stereocenters. The molecular formula is C19H26F3N3O2. The molecule has 1 unspecified atom stereocenters. The van der Waals surface area contributed by atoms with Gasteiger partial charge in [0.1, 0.15) is 6.04 Å². The molecule has 1 aromatic rings. The summed E-state index contributed by atoms with van der Waals surface area (Å²) in [6.45, 7) is 1.68. The van der Waals surface area contributed by atoms with E-state index in [9.17, 15) is 22.8 Å². The summed E-state index contributed by atoms with van der Waals surface area (Å²) >= 11 is 0. The predicted octanol–water partition coefficient (Wildman–Crippen LogP) is 3.76. The lowest BCUT2D eigenvalue weighted by Crippen LogP contribution is -2.50. The van der Waals surface area contributed by atoms with Crippen molar-refractivity contribution in [3.8, 4) is 0 Å². The Bertz CT molecular complexity index is 616. The maximum Gasteiger partial charge on any atom is 0.471 e. The minimum absolute atomic E-state index is 0.0652. The molecule has 0 saturated heterocycles. The normalized spacial score (nSPS) is 16.6. The molecule has 1 heterocycles. The fourth-order valence-electron chi connectivity index (χ4n) is 3.38. The molecule has 5 nitrogen and oxygen atoms in total. The van der Waals surface area contributed by atoms with E-state index in [1.54, 1.807) is 0 Å². The van der Waals surface area contributed by atoms with Gasteiger partial charge in [-0.25, -0.2) is 0 Å². The number of nitrogens with zero attached hydrogens (tertiary/aromatic N) is 2. The Hall–Kier alpha value is -2.12. The fourth-order valence-corrected chi connectivity index (χ4v) is 3.38. The molecule has 1 aliphatic rings. The summed E-state index contributed by atoms with van der Waals surface area (Å²) in [6.07, 6.45) is 3.42. The number of hydrogen-bond acceptors (Lipinski definition) is 3. The molecule has 27 heavy (non-hydrogen) atoms. The molecule has 2 amide bonds. The van der Waals surface area contributed by atoms with Gasteiger partial charge < -0.3 is 10.2 Å². The van der Waals surface area contributed by atoms with Crippen LogP contribution in [0.15, 0.2) is 24.5 Å². The van der Waals surface area contributed by atoms with E-state index in [1.807, 2.05) is 6.92 Å². The van der Waals surface area contributed by atoms with E-state index in [4.69, 9.17) is 0 Å². The molecule has 0 aromatic carbocycles. The van der Waals surface area contributed by atoms with E-state index >= 15 is 0 Å². The van der Waals surface area contributed by atoms with Gasteiger partial charge in [0.15, 0.2) is 0 Å². The lowest BCUT2D eigenvalue weighted by atomic mass is 9.94. The molecule has 0 radical (unpaired) electrons. The molecule has 1 aromatic heterocycles. The lowest BCUT2D eigenvalue weighted by Gasteiger charge is -2.33. The van der Waals surface area contributed by atoms with Gasteiger partial charge in [-0.1, -0.05) is 32.6 Å². The van der Waals surface area contributed by atoms with Crippen LogP contribution < -0.4 is 5.32 Å². The van der Waals surface area contributed by atoms with Gasteiger partial charge in [-0.3, -0.25) is 14.6 Å². The molecular weight excluding hydrogens is 359 g/mol. The lowest BCUT2D eigenvalue weighted by molar-refractivity contribution is -0.188. The predicted molar refractivity (Wildman–Crippen MR) is 94.7 cm³/mol. The number of alkyl halides is 3. The SMILES string of the molecule is CCCCN(C(=O)C(F)(F)F)C(C(=O)NC1CCCCC1)c1ccncc1. The van der Waals surface area contributed by atoms with E-state index in [0.29, 0.717) is 23.3 Å². The van der Waals surface area contributed by atoms with Gasteiger partial charge in [0.05, 0.1) is 0 Å². The number of halogens is 3. The van der Waals surface area contributed by atoms with Crippen molar-refractivity contribution in [3.05, 3.63) is 30.1 Å². The summed E-state index contributed by atoms with van der Waals surface area (Å²) in [5.41, 5.74) is 0.326. The first-order valence-electron chi connectivity index (χ1n) is 9.42. The van der Waals surface area contributed by atoms with E-state index in [0.717, 1.165) is 32.1 Å². The second-order valence-electron chi connectivity index (χ2n) is 6.88. The van der Waals surface area contributed by atoms with E-state index in [-0.39, 0.29) is 12.6 Å². The molecule has 8 heteroatoms. The van der Waals surface area contributed by atoms with Crippen LogP contribution in [0.4, 0.5) is 13.2 Å². The monoisotopic (exact) mass is 385 g/mol. The summed E-state index contributed by atoms with van der Waals surface area (Å²) in [7, 11) is 0. The molecule has 1 saturated carbocycles. The Morgan fingerprint density at radius 1 is 1.22 bits per heavy atom. The third-order valence-corrected chi connectivity index (χ3v) is 4.79. The van der Waals surface area contributed by atoms with Gasteiger partial charge in [0.25, 0.3) is 0 Å². The topological polar surface area (TPSA) is 62.3 Å². The Kier molecular flexibility index (Phi) is 7.62. The van der Waals surface area contributed by atoms with Crippen LogP contribution in [0.5, 0.6) is 0 Å². The van der Waals surface area contributed by atoms with E-state index in [1.165, 1.54) is 24.5 Å². The minimum Gasteiger partial charge on any atom is -0.351 e. The highest BCUT2D eigenvalue weighted by Gasteiger charge is 2.46. The van der Waals surface area contributed by atoms with E-state index in [2.05, 4.69) is 10.3 Å². The van der Waals surface area contributed by atoms with Gasteiger partial charge in [-0.2, -0.15) is 13.2 Å². The van der Waals surface area contributed by atoms with Gasteiger partial charge in [-0.15, -0.1) is 0 Å². The van der Waals surface area contributed by atoms with Gasteiger partial charge in [-0.05, 0) is 37.0 Å². The Labute approximate surface area is 157 Å². The second-order valence-corrected chi connectivity index (χ2v) is 6.88. The Morgan fingerprint density at radius 3 is 2.41 bits per heavy atom. The van der Waals surface area contributed by atoms with Crippen molar-refractivity contribution in [1.82, 2.24) is 15.2 Å². The Morgan fingerprint density at radius 2 is 1.85 bits per heavy atom. The zero-order valence-corrected chi connectivity index (χ0v) is 15.5. The maximum absolute atomic E-state index is 13.2. The first-order valence-corrected chi connectivity index (χ1v) is 9.42. The average molecular weight is 385 g/mol. The molecule has 2 rings (SSSR count). The van der Waals surface area contributed by atoms with Crippen LogP contribution in [-0.4, -0.2) is 40.5 Å². The summed E-state index contributed by atoms with van der Waals surface area (Å²) < 4.78 is 39.6. The molecule has 1 fully saturated rings. The van der Waals surface area contributed by atoms with Crippen molar-refractivity contribution in [2.24, 2.45) is 0 Å². The number of nitrogens with one attached hydrogen (secondary N) is 1. The number of carbonyl (C=O) groups excluding carboxylic acids is 2. The Balaban J connectivity index is 2.32. The second kappa shape index (κ2) is 9.71. The van der Waals surface area contributed by atoms with Crippen LogP contribution in [0, 0.1) is 0 Å². The smallest absolute Gasteiger partial charge is 0.351 e. The van der Waals surface area contributed by atoms with Gasteiger partial charge in [0, 0.05) is 25.0 Å². The summed E-state index contributed by atoms with van der Waals surface area (Å²) in [5.74, 6) is -2.56. The number of hydrogen-bond donors (Lipinski definition) is 1. The van der Waals surface area contributed by atoms with Crippen LogP contribution >= 0.6 is 0 Å². The van der Waals surface area contributed by atoms with Crippen molar-refractivity contribution >= 4 is 11.8 Å². The third-order valence-electron chi connectivity index (χ3n) is 4.79. The maximum atomic E-state index is 13.2. The number of unbranched alkanes of at least 4 members (excludes halogenated alkanes) is 1. The molecule has 150 valence electrons. The van der Waals surface area contributed by atoms with Gasteiger partial charge >= 0.3 is 12.1 Å². The van der Waals surface area contributed by atoms with Gasteiger partial charge in [0.2, 0.25) is 5.91 Å². The summed E-state index contributed by atoms with van der Waals surface area (Å²) in [5, 5.41) is 2.86. The largest absolute Gasteiger partial charge is 0.471 e. The molecule has 1 aliphatic carbocycles. The number of aromatic nitrogens is 1. The highest BCUT2D eigenvalue weighted by molar-refractivity contribution is 5.90. The van der Waals surface area contributed by atoms with Crippen LogP contribution in [0.1, 0.15) is 63.5 Å². The highest BCUT2D eigenvalue weighted by atomic mass is 19.4. The molecule has 0 aliphatic heterocycles. The first-order chi connectivity index (χ1) is 12.8. The number of amides is 2. The zero-order valence-electron chi connectivity index (χ0n) is 15.5. The van der Waals surface area contributed by atoms with Crippen molar-refractivity contribution in [2.75, 3.05) is 6.54 Å². The van der Waals surface area contributed by atoms with Crippen molar-refractivity contribution in [3.63, 3.8) is 0 Å². The fraction of sp³-hybridized carbons (Fsp3) is 0.632. The van der Waals surface area contributed by atoms with Crippen LogP contribution in [-0.2, 0) is 9.59 Å². The highest BCUT2D eigenvalue weighted by Crippen LogP contribution is 2.28. The van der Waals surface area contributed by atoms with Crippen molar-refractivity contribution in [1.29, 1.82) is 0 Å². The number of carbonyl (C=O) groups is 2. The van der Waals surface area contributed by atoms with Crippen LogP contribution in [0.25, 0.3) is 0 Å².